The SMILES string of the molecule is CCC1(C(=O)O)CCN(C(=O)NCc2ccc(Br)cc2)C1. The molecule has 5 nitrogen and oxygen atoms in total. The molecule has 1 aromatic rings. The number of amides is 2. The molecule has 0 saturated carbocycles. The lowest BCUT2D eigenvalue weighted by Gasteiger charge is -2.23. The molecule has 1 atom stereocenters. The fraction of sp³-hybridized carbons (Fsp3) is 0.467. The van der Waals surface area contributed by atoms with E-state index in [1.165, 1.54) is 0 Å². The lowest BCUT2D eigenvalue weighted by molar-refractivity contribution is -0.148. The number of aliphatic carboxylic acids is 1. The number of nitrogens with one attached hydrogen (secondary N) is 1. The van der Waals surface area contributed by atoms with Crippen molar-refractivity contribution in [2.45, 2.75) is 26.3 Å². The number of likely N-dealkylation sites (tertiary alicyclic amines) is 1. The number of hydrogen-bond acceptors (Lipinski definition) is 2. The fourth-order valence-corrected chi connectivity index (χ4v) is 2.82. The molecule has 1 saturated heterocycles. The highest BCUT2D eigenvalue weighted by atomic mass is 79.9. The average molecular weight is 355 g/mol. The van der Waals surface area contributed by atoms with Gasteiger partial charge in [-0.3, -0.25) is 4.79 Å². The van der Waals surface area contributed by atoms with E-state index in [0.717, 1.165) is 10.0 Å². The van der Waals surface area contributed by atoms with Crippen LogP contribution in [0.2, 0.25) is 0 Å². The van der Waals surface area contributed by atoms with Gasteiger partial charge in [-0.2, -0.15) is 0 Å². The Bertz CT molecular complexity index is 532. The summed E-state index contributed by atoms with van der Waals surface area (Å²) in [5.74, 6) is -0.812. The van der Waals surface area contributed by atoms with E-state index < -0.39 is 11.4 Å². The highest BCUT2D eigenvalue weighted by Crippen LogP contribution is 2.34. The van der Waals surface area contributed by atoms with Gasteiger partial charge in [0.25, 0.3) is 0 Å². The molecule has 1 aliphatic heterocycles. The highest BCUT2D eigenvalue weighted by Gasteiger charge is 2.44. The standard InChI is InChI=1S/C15H19BrN2O3/c1-2-15(13(19)20)7-8-18(10-15)14(21)17-9-11-3-5-12(16)6-4-11/h3-6H,2,7-10H2,1H3,(H,17,21)(H,19,20). The smallest absolute Gasteiger partial charge is 0.317 e. The Morgan fingerprint density at radius 1 is 1.38 bits per heavy atom. The van der Waals surface area contributed by atoms with E-state index in [1.807, 2.05) is 31.2 Å². The number of benzene rings is 1. The molecule has 1 aliphatic rings. The molecule has 1 unspecified atom stereocenters. The van der Waals surface area contributed by atoms with Crippen LogP contribution in [0.15, 0.2) is 28.7 Å². The number of carbonyl (C=O) groups excluding carboxylic acids is 1. The van der Waals surface area contributed by atoms with E-state index in [0.29, 0.717) is 25.9 Å². The first-order chi connectivity index (χ1) is 9.97. The van der Waals surface area contributed by atoms with E-state index >= 15 is 0 Å². The highest BCUT2D eigenvalue weighted by molar-refractivity contribution is 9.10. The van der Waals surface area contributed by atoms with Crippen molar-refractivity contribution in [3.05, 3.63) is 34.3 Å². The normalized spacial score (nSPS) is 21.3. The second-order valence-corrected chi connectivity index (χ2v) is 6.31. The van der Waals surface area contributed by atoms with Crippen LogP contribution in [0.4, 0.5) is 4.79 Å². The first-order valence-electron chi connectivity index (χ1n) is 6.97. The Morgan fingerprint density at radius 2 is 2.05 bits per heavy atom. The second-order valence-electron chi connectivity index (χ2n) is 5.40. The number of carboxylic acid groups (broad SMARTS) is 1. The number of hydrogen-bond donors (Lipinski definition) is 2. The minimum Gasteiger partial charge on any atom is -0.481 e. The maximum Gasteiger partial charge on any atom is 0.317 e. The minimum absolute atomic E-state index is 0.200. The molecule has 6 heteroatoms. The molecule has 1 heterocycles. The van der Waals surface area contributed by atoms with Gasteiger partial charge >= 0.3 is 12.0 Å². The van der Waals surface area contributed by atoms with Crippen LogP contribution in [0, 0.1) is 5.41 Å². The molecular formula is C15H19BrN2O3. The minimum atomic E-state index is -0.812. The Hall–Kier alpha value is -1.56. The van der Waals surface area contributed by atoms with Gasteiger partial charge < -0.3 is 15.3 Å². The summed E-state index contributed by atoms with van der Waals surface area (Å²) in [6.07, 6.45) is 1.06. The summed E-state index contributed by atoms with van der Waals surface area (Å²) < 4.78 is 0.992. The second kappa shape index (κ2) is 6.47. The van der Waals surface area contributed by atoms with Crippen LogP contribution in [-0.2, 0) is 11.3 Å². The monoisotopic (exact) mass is 354 g/mol. The van der Waals surface area contributed by atoms with Crippen LogP contribution in [0.3, 0.4) is 0 Å². The van der Waals surface area contributed by atoms with E-state index in [4.69, 9.17) is 0 Å². The van der Waals surface area contributed by atoms with Crippen LogP contribution in [0.1, 0.15) is 25.3 Å². The third-order valence-corrected chi connectivity index (χ3v) is 4.66. The molecule has 2 N–H and O–H groups in total. The van der Waals surface area contributed by atoms with E-state index in [2.05, 4.69) is 21.2 Å². The maximum atomic E-state index is 12.1. The van der Waals surface area contributed by atoms with Crippen molar-refractivity contribution in [2.75, 3.05) is 13.1 Å². The van der Waals surface area contributed by atoms with Gasteiger partial charge in [-0.15, -0.1) is 0 Å². The van der Waals surface area contributed by atoms with Crippen LogP contribution in [-0.4, -0.2) is 35.1 Å². The number of urea groups is 1. The predicted octanol–water partition coefficient (Wildman–Crippen LogP) is 2.85. The van der Waals surface area contributed by atoms with E-state index in [9.17, 15) is 14.7 Å². The molecule has 114 valence electrons. The summed E-state index contributed by atoms with van der Waals surface area (Å²) in [4.78, 5) is 25.1. The summed E-state index contributed by atoms with van der Waals surface area (Å²) in [6, 6.07) is 7.51. The molecule has 1 aromatic carbocycles. The predicted molar refractivity (Wildman–Crippen MR) is 82.9 cm³/mol. The molecule has 21 heavy (non-hydrogen) atoms. The summed E-state index contributed by atoms with van der Waals surface area (Å²) in [5.41, 5.74) is 0.223. The summed E-state index contributed by atoms with van der Waals surface area (Å²) in [6.45, 7) is 3.07. The van der Waals surface area contributed by atoms with Gasteiger partial charge in [-0.1, -0.05) is 35.0 Å². The van der Waals surface area contributed by atoms with Crippen LogP contribution < -0.4 is 5.32 Å². The number of halogens is 1. The van der Waals surface area contributed by atoms with Crippen LogP contribution in [0.25, 0.3) is 0 Å². The van der Waals surface area contributed by atoms with Crippen molar-refractivity contribution in [3.8, 4) is 0 Å². The lowest BCUT2D eigenvalue weighted by Crippen LogP contribution is -2.41. The quantitative estimate of drug-likeness (QED) is 0.873. The van der Waals surface area contributed by atoms with Gasteiger partial charge in [-0.05, 0) is 30.5 Å². The number of nitrogens with zero attached hydrogens (tertiary/aromatic N) is 1. The summed E-state index contributed by atoms with van der Waals surface area (Å²) in [7, 11) is 0. The third-order valence-electron chi connectivity index (χ3n) is 4.13. The van der Waals surface area contributed by atoms with Crippen molar-refractivity contribution in [1.82, 2.24) is 10.2 Å². The van der Waals surface area contributed by atoms with Gasteiger partial charge in [0, 0.05) is 24.1 Å². The van der Waals surface area contributed by atoms with E-state index in [-0.39, 0.29) is 12.6 Å². The van der Waals surface area contributed by atoms with Crippen molar-refractivity contribution in [3.63, 3.8) is 0 Å². The molecular weight excluding hydrogens is 336 g/mol. The Kier molecular flexibility index (Phi) is 4.88. The van der Waals surface area contributed by atoms with Gasteiger partial charge in [0.05, 0.1) is 5.41 Å². The first-order valence-corrected chi connectivity index (χ1v) is 7.77. The molecule has 1 fully saturated rings. The zero-order valence-corrected chi connectivity index (χ0v) is 13.5. The molecule has 2 amide bonds. The molecule has 0 aromatic heterocycles. The largest absolute Gasteiger partial charge is 0.481 e. The molecule has 0 aliphatic carbocycles. The number of carbonyl (C=O) groups is 2. The molecule has 0 spiro atoms. The fourth-order valence-electron chi connectivity index (χ4n) is 2.55. The summed E-state index contributed by atoms with van der Waals surface area (Å²) in [5, 5.41) is 12.2. The van der Waals surface area contributed by atoms with Gasteiger partial charge in [0.15, 0.2) is 0 Å². The zero-order chi connectivity index (χ0) is 15.5. The molecule has 0 radical (unpaired) electrons. The Balaban J connectivity index is 1.90. The lowest BCUT2D eigenvalue weighted by atomic mass is 9.84. The third kappa shape index (κ3) is 3.56. The van der Waals surface area contributed by atoms with Crippen molar-refractivity contribution in [1.29, 1.82) is 0 Å². The first kappa shape index (κ1) is 15.8. The van der Waals surface area contributed by atoms with Crippen molar-refractivity contribution >= 4 is 27.9 Å². The van der Waals surface area contributed by atoms with E-state index in [1.54, 1.807) is 4.90 Å². The number of carboxylic acids is 1. The van der Waals surface area contributed by atoms with Crippen molar-refractivity contribution in [2.24, 2.45) is 5.41 Å². The van der Waals surface area contributed by atoms with Crippen molar-refractivity contribution < 1.29 is 14.7 Å². The Morgan fingerprint density at radius 3 is 2.57 bits per heavy atom. The zero-order valence-electron chi connectivity index (χ0n) is 11.9. The van der Waals surface area contributed by atoms with Gasteiger partial charge in [-0.25, -0.2) is 4.79 Å². The summed E-state index contributed by atoms with van der Waals surface area (Å²) >= 11 is 3.36. The maximum absolute atomic E-state index is 12.1. The van der Waals surface area contributed by atoms with Crippen LogP contribution >= 0.6 is 15.9 Å². The van der Waals surface area contributed by atoms with Crippen LogP contribution in [0.5, 0.6) is 0 Å². The topological polar surface area (TPSA) is 69.6 Å². The Labute approximate surface area is 132 Å². The number of rotatable bonds is 4. The van der Waals surface area contributed by atoms with Gasteiger partial charge in [0.2, 0.25) is 0 Å². The molecule has 0 bridgehead atoms. The molecule has 2 rings (SSSR count). The van der Waals surface area contributed by atoms with Gasteiger partial charge in [0.1, 0.15) is 0 Å². The average Bonchev–Trinajstić information content (AvgIpc) is 2.92.